The number of aliphatic hydroxyl groups is 7. The Morgan fingerprint density at radius 1 is 0.905 bits per heavy atom. The molecule has 10 heteroatoms. The molecule has 0 saturated carbocycles. The molecule has 124 valence electrons. The summed E-state index contributed by atoms with van der Waals surface area (Å²) >= 11 is 0. The zero-order valence-electron chi connectivity index (χ0n) is 11.0. The first-order valence-electron chi connectivity index (χ1n) is 6.48. The Kier molecular flexibility index (Phi) is 5.48. The van der Waals surface area contributed by atoms with Gasteiger partial charge in [-0.3, -0.25) is 0 Å². The summed E-state index contributed by atoms with van der Waals surface area (Å²) in [4.78, 5) is 0. The lowest BCUT2D eigenvalue weighted by Crippen LogP contribution is -2.62. The van der Waals surface area contributed by atoms with Gasteiger partial charge >= 0.3 is 0 Å². The summed E-state index contributed by atoms with van der Waals surface area (Å²) < 4.78 is 15.0. The van der Waals surface area contributed by atoms with Crippen molar-refractivity contribution in [2.24, 2.45) is 0 Å². The second kappa shape index (κ2) is 6.79. The van der Waals surface area contributed by atoms with Crippen LogP contribution in [0.1, 0.15) is 0 Å². The summed E-state index contributed by atoms with van der Waals surface area (Å²) in [5.41, 5.74) is 0. The van der Waals surface area contributed by atoms with Gasteiger partial charge in [0.2, 0.25) is 0 Å². The van der Waals surface area contributed by atoms with Crippen LogP contribution in [-0.4, -0.2) is 104 Å². The Labute approximate surface area is 119 Å². The fourth-order valence-corrected chi connectivity index (χ4v) is 2.27. The minimum absolute atomic E-state index is 0.315. The van der Waals surface area contributed by atoms with E-state index >= 15 is 0 Å². The molecule has 0 bridgehead atoms. The van der Waals surface area contributed by atoms with E-state index in [0.717, 1.165) is 0 Å². The minimum Gasteiger partial charge on any atom is -0.394 e. The molecule has 0 aliphatic carbocycles. The van der Waals surface area contributed by atoms with E-state index < -0.39 is 61.9 Å². The van der Waals surface area contributed by atoms with E-state index in [-0.39, 0.29) is 6.61 Å². The maximum Gasteiger partial charge on any atom is 0.186 e. The molecule has 2 heterocycles. The molecule has 7 N–H and O–H groups in total. The SMILES string of the molecule is OC[C@H]1OC(O)[C@H](O[C@@H]2OC[C@@H](O)[C@H](O)[C@H]2O)[C@@H](O)[C@@H]1O. The molecule has 0 spiro atoms. The predicted molar refractivity (Wildman–Crippen MR) is 62.6 cm³/mol. The molecular formula is C11H20O10. The van der Waals surface area contributed by atoms with Crippen LogP contribution >= 0.6 is 0 Å². The number of rotatable bonds is 3. The first-order valence-corrected chi connectivity index (χ1v) is 6.48. The predicted octanol–water partition coefficient (Wildman–Crippen LogP) is -4.76. The molecule has 2 aliphatic heterocycles. The van der Waals surface area contributed by atoms with Gasteiger partial charge in [0.1, 0.15) is 42.7 Å². The quantitative estimate of drug-likeness (QED) is 0.268. The van der Waals surface area contributed by atoms with E-state index in [9.17, 15) is 30.6 Å². The molecule has 2 saturated heterocycles. The van der Waals surface area contributed by atoms with Gasteiger partial charge in [0.25, 0.3) is 0 Å². The Morgan fingerprint density at radius 3 is 2.19 bits per heavy atom. The average Bonchev–Trinajstić information content (AvgIpc) is 2.47. The van der Waals surface area contributed by atoms with Crippen LogP contribution < -0.4 is 0 Å². The molecule has 0 amide bonds. The third kappa shape index (κ3) is 3.35. The summed E-state index contributed by atoms with van der Waals surface area (Å²) in [7, 11) is 0. The summed E-state index contributed by atoms with van der Waals surface area (Å²) in [6, 6.07) is 0. The van der Waals surface area contributed by atoms with E-state index in [2.05, 4.69) is 0 Å². The van der Waals surface area contributed by atoms with E-state index in [1.165, 1.54) is 0 Å². The first-order chi connectivity index (χ1) is 9.86. The lowest BCUT2D eigenvalue weighted by molar-refractivity contribution is -0.349. The van der Waals surface area contributed by atoms with Gasteiger partial charge in [-0.05, 0) is 0 Å². The molecule has 21 heavy (non-hydrogen) atoms. The highest BCUT2D eigenvalue weighted by Crippen LogP contribution is 2.26. The zero-order chi connectivity index (χ0) is 15.7. The number of hydrogen-bond acceptors (Lipinski definition) is 10. The highest BCUT2D eigenvalue weighted by Gasteiger charge is 2.48. The van der Waals surface area contributed by atoms with Gasteiger partial charge in [0.05, 0.1) is 13.2 Å². The van der Waals surface area contributed by atoms with Crippen molar-refractivity contribution in [1.29, 1.82) is 0 Å². The molecule has 9 atom stereocenters. The minimum atomic E-state index is -1.68. The highest BCUT2D eigenvalue weighted by atomic mass is 16.7. The third-order valence-electron chi connectivity index (χ3n) is 3.59. The Bertz CT molecular complexity index is 341. The fourth-order valence-electron chi connectivity index (χ4n) is 2.27. The van der Waals surface area contributed by atoms with Crippen molar-refractivity contribution in [3.63, 3.8) is 0 Å². The lowest BCUT2D eigenvalue weighted by Gasteiger charge is -2.43. The van der Waals surface area contributed by atoms with E-state index in [1.807, 2.05) is 0 Å². The first kappa shape index (κ1) is 17.0. The summed E-state index contributed by atoms with van der Waals surface area (Å²) in [5.74, 6) is 0. The van der Waals surface area contributed by atoms with Gasteiger partial charge in [-0.2, -0.15) is 0 Å². The normalized spacial score (nSPS) is 51.9. The van der Waals surface area contributed by atoms with Gasteiger partial charge in [0, 0.05) is 0 Å². The number of hydrogen-bond donors (Lipinski definition) is 7. The molecule has 0 radical (unpaired) electrons. The largest absolute Gasteiger partial charge is 0.394 e. The van der Waals surface area contributed by atoms with Gasteiger partial charge < -0.3 is 50.0 Å². The Balaban J connectivity index is 2.01. The van der Waals surface area contributed by atoms with Gasteiger partial charge in [-0.15, -0.1) is 0 Å². The highest BCUT2D eigenvalue weighted by molar-refractivity contribution is 4.91. The monoisotopic (exact) mass is 312 g/mol. The van der Waals surface area contributed by atoms with Crippen molar-refractivity contribution in [3.05, 3.63) is 0 Å². The van der Waals surface area contributed by atoms with Gasteiger partial charge in [0.15, 0.2) is 12.6 Å². The molecule has 1 unspecified atom stereocenters. The topological polar surface area (TPSA) is 169 Å². The molecule has 0 aromatic heterocycles. The second-order valence-electron chi connectivity index (χ2n) is 5.08. The lowest BCUT2D eigenvalue weighted by atomic mass is 9.98. The van der Waals surface area contributed by atoms with Crippen LogP contribution in [-0.2, 0) is 14.2 Å². The zero-order valence-corrected chi connectivity index (χ0v) is 11.0. The smallest absolute Gasteiger partial charge is 0.186 e. The molecule has 2 rings (SSSR count). The molecule has 0 aromatic rings. The van der Waals surface area contributed by atoms with Crippen LogP contribution in [0.3, 0.4) is 0 Å². The van der Waals surface area contributed by atoms with E-state index in [1.54, 1.807) is 0 Å². The fraction of sp³-hybridized carbons (Fsp3) is 1.00. The van der Waals surface area contributed by atoms with Crippen molar-refractivity contribution in [2.75, 3.05) is 13.2 Å². The molecule has 10 nitrogen and oxygen atoms in total. The number of ether oxygens (including phenoxy) is 3. The van der Waals surface area contributed by atoms with Crippen LogP contribution in [0.2, 0.25) is 0 Å². The summed E-state index contributed by atoms with van der Waals surface area (Å²) in [6.45, 7) is -0.931. The third-order valence-corrected chi connectivity index (χ3v) is 3.59. The van der Waals surface area contributed by atoms with E-state index in [4.69, 9.17) is 19.3 Å². The van der Waals surface area contributed by atoms with Crippen LogP contribution in [0.25, 0.3) is 0 Å². The van der Waals surface area contributed by atoms with Crippen molar-refractivity contribution < 1.29 is 50.0 Å². The van der Waals surface area contributed by atoms with E-state index in [0.29, 0.717) is 0 Å². The van der Waals surface area contributed by atoms with Crippen LogP contribution in [0.5, 0.6) is 0 Å². The van der Waals surface area contributed by atoms with Crippen molar-refractivity contribution in [2.45, 2.75) is 55.3 Å². The summed E-state index contributed by atoms with van der Waals surface area (Å²) in [5, 5.41) is 66.7. The second-order valence-corrected chi connectivity index (χ2v) is 5.08. The van der Waals surface area contributed by atoms with Crippen molar-refractivity contribution >= 4 is 0 Å². The number of aliphatic hydroxyl groups excluding tert-OH is 7. The maximum atomic E-state index is 9.87. The van der Waals surface area contributed by atoms with Crippen molar-refractivity contribution in [3.8, 4) is 0 Å². The maximum absolute atomic E-state index is 9.87. The molecule has 2 fully saturated rings. The molecule has 0 aromatic carbocycles. The van der Waals surface area contributed by atoms with Crippen molar-refractivity contribution in [1.82, 2.24) is 0 Å². The molecular weight excluding hydrogens is 292 g/mol. The van der Waals surface area contributed by atoms with Crippen LogP contribution in [0, 0.1) is 0 Å². The standard InChI is InChI=1S/C11H20O10/c12-1-4-6(15)7(16)9(10(18)20-4)21-11-8(17)5(14)3(13)2-19-11/h3-18H,1-2H2/t3-,4-,5+,6-,7+,8-,9-,10?,11+/m1/s1. The van der Waals surface area contributed by atoms with Crippen LogP contribution in [0.4, 0.5) is 0 Å². The van der Waals surface area contributed by atoms with Crippen LogP contribution in [0.15, 0.2) is 0 Å². The van der Waals surface area contributed by atoms with Gasteiger partial charge in [-0.1, -0.05) is 0 Å². The van der Waals surface area contributed by atoms with Gasteiger partial charge in [-0.25, -0.2) is 0 Å². The summed E-state index contributed by atoms with van der Waals surface area (Å²) in [6.07, 6.45) is -13.3. The Morgan fingerprint density at radius 2 is 1.57 bits per heavy atom. The molecule has 2 aliphatic rings. The Hall–Kier alpha value is -0.400. The average molecular weight is 312 g/mol.